The first-order valence-electron chi connectivity index (χ1n) is 8.36. The largest absolute Gasteiger partial charge is 0.309 e. The van der Waals surface area contributed by atoms with Gasteiger partial charge in [-0.1, -0.05) is 34.1 Å². The molecule has 2 fully saturated rings. The highest BCUT2D eigenvalue weighted by Crippen LogP contribution is 2.39. The fourth-order valence-electron chi connectivity index (χ4n) is 4.38. The van der Waals surface area contributed by atoms with Crippen molar-refractivity contribution in [2.24, 2.45) is 17.8 Å². The van der Waals surface area contributed by atoms with Crippen molar-refractivity contribution in [3.05, 3.63) is 0 Å². The predicted octanol–water partition coefficient (Wildman–Crippen LogP) is 3.52. The van der Waals surface area contributed by atoms with Crippen molar-refractivity contribution in [2.75, 3.05) is 13.1 Å². The molecule has 1 N–H and O–H groups in total. The minimum absolute atomic E-state index is 0.273. The number of hydrogen-bond acceptors (Lipinski definition) is 2. The van der Waals surface area contributed by atoms with E-state index >= 15 is 0 Å². The lowest BCUT2D eigenvalue weighted by Crippen LogP contribution is -2.65. The van der Waals surface area contributed by atoms with E-state index < -0.39 is 0 Å². The van der Waals surface area contributed by atoms with Crippen LogP contribution in [0.4, 0.5) is 0 Å². The molecule has 4 atom stereocenters. The molecule has 1 aliphatic heterocycles. The molecule has 2 rings (SSSR count). The first-order valence-corrected chi connectivity index (χ1v) is 8.36. The Kier molecular flexibility index (Phi) is 4.62. The van der Waals surface area contributed by atoms with Gasteiger partial charge in [0, 0.05) is 30.7 Å². The van der Waals surface area contributed by atoms with E-state index in [-0.39, 0.29) is 5.54 Å². The summed E-state index contributed by atoms with van der Waals surface area (Å²) in [6.07, 6.45) is 4.22. The maximum Gasteiger partial charge on any atom is 0.0253 e. The third kappa shape index (κ3) is 3.16. The molecule has 0 aromatic rings. The smallest absolute Gasteiger partial charge is 0.0253 e. The molecule has 19 heavy (non-hydrogen) atoms. The van der Waals surface area contributed by atoms with Crippen molar-refractivity contribution in [3.8, 4) is 0 Å². The van der Waals surface area contributed by atoms with Crippen LogP contribution >= 0.6 is 0 Å². The van der Waals surface area contributed by atoms with Crippen molar-refractivity contribution < 1.29 is 0 Å². The lowest BCUT2D eigenvalue weighted by atomic mass is 9.87. The molecular weight excluding hydrogens is 232 g/mol. The highest BCUT2D eigenvalue weighted by atomic mass is 15.3. The van der Waals surface area contributed by atoms with Crippen molar-refractivity contribution in [3.63, 3.8) is 0 Å². The molecule has 1 saturated carbocycles. The van der Waals surface area contributed by atoms with E-state index in [9.17, 15) is 0 Å². The third-order valence-corrected chi connectivity index (χ3v) is 5.70. The van der Waals surface area contributed by atoms with Gasteiger partial charge in [-0.05, 0) is 44.4 Å². The Balaban J connectivity index is 2.14. The van der Waals surface area contributed by atoms with Crippen LogP contribution in [0.5, 0.6) is 0 Å². The van der Waals surface area contributed by atoms with Crippen molar-refractivity contribution in [1.29, 1.82) is 0 Å². The zero-order valence-corrected chi connectivity index (χ0v) is 13.9. The van der Waals surface area contributed by atoms with Gasteiger partial charge in [-0.15, -0.1) is 0 Å². The second kappa shape index (κ2) is 5.73. The quantitative estimate of drug-likeness (QED) is 0.841. The summed E-state index contributed by atoms with van der Waals surface area (Å²) < 4.78 is 0. The van der Waals surface area contributed by atoms with Crippen LogP contribution in [0, 0.1) is 17.8 Å². The maximum atomic E-state index is 3.74. The van der Waals surface area contributed by atoms with Crippen LogP contribution in [0.25, 0.3) is 0 Å². The van der Waals surface area contributed by atoms with Gasteiger partial charge in [0.05, 0.1) is 0 Å². The van der Waals surface area contributed by atoms with Gasteiger partial charge in [0.15, 0.2) is 0 Å². The lowest BCUT2D eigenvalue weighted by molar-refractivity contribution is 0.0164. The number of hydrogen-bond donors (Lipinski definition) is 1. The van der Waals surface area contributed by atoms with Gasteiger partial charge in [-0.2, -0.15) is 0 Å². The molecule has 1 heterocycles. The summed E-state index contributed by atoms with van der Waals surface area (Å²) in [7, 11) is 0. The first kappa shape index (κ1) is 15.3. The molecule has 0 bridgehead atoms. The Morgan fingerprint density at radius 1 is 1.26 bits per heavy atom. The lowest BCUT2D eigenvalue weighted by Gasteiger charge is -2.50. The summed E-state index contributed by atoms with van der Waals surface area (Å²) in [5.74, 6) is 2.58. The van der Waals surface area contributed by atoms with Crippen LogP contribution in [-0.4, -0.2) is 35.6 Å². The molecule has 2 heteroatoms. The molecule has 1 saturated heterocycles. The molecular formula is C17H34N2. The van der Waals surface area contributed by atoms with Gasteiger partial charge in [-0.25, -0.2) is 0 Å². The van der Waals surface area contributed by atoms with Gasteiger partial charge in [0.1, 0.15) is 0 Å². The summed E-state index contributed by atoms with van der Waals surface area (Å²) in [4.78, 5) is 2.86. The molecule has 0 amide bonds. The first-order chi connectivity index (χ1) is 8.85. The fourth-order valence-corrected chi connectivity index (χ4v) is 4.38. The standard InChI is InChI=1S/C17H34N2/c1-7-14-8-9-15(13(14)4)19-11-17(5,6)18-10-16(19)12(2)3/h12-16,18H,7-11H2,1-6H3. The van der Waals surface area contributed by atoms with Crippen LogP contribution in [0.2, 0.25) is 0 Å². The Labute approximate surface area is 120 Å². The van der Waals surface area contributed by atoms with E-state index in [4.69, 9.17) is 0 Å². The van der Waals surface area contributed by atoms with Crippen molar-refractivity contribution >= 4 is 0 Å². The fraction of sp³-hybridized carbons (Fsp3) is 1.00. The van der Waals surface area contributed by atoms with E-state index in [1.807, 2.05) is 0 Å². The Morgan fingerprint density at radius 2 is 1.95 bits per heavy atom. The van der Waals surface area contributed by atoms with Gasteiger partial charge in [0.25, 0.3) is 0 Å². The molecule has 2 aliphatic rings. The molecule has 2 nitrogen and oxygen atoms in total. The second-order valence-electron chi connectivity index (χ2n) is 7.92. The summed E-state index contributed by atoms with van der Waals surface area (Å²) in [6, 6.07) is 1.54. The Bertz CT molecular complexity index is 298. The van der Waals surface area contributed by atoms with E-state index in [2.05, 4.69) is 51.8 Å². The molecule has 0 radical (unpaired) electrons. The molecule has 0 spiro atoms. The number of rotatable bonds is 3. The van der Waals surface area contributed by atoms with Crippen LogP contribution in [0.15, 0.2) is 0 Å². The number of nitrogens with zero attached hydrogens (tertiary/aromatic N) is 1. The summed E-state index contributed by atoms with van der Waals surface area (Å²) >= 11 is 0. The molecule has 4 unspecified atom stereocenters. The Morgan fingerprint density at radius 3 is 2.47 bits per heavy atom. The maximum absolute atomic E-state index is 3.74. The monoisotopic (exact) mass is 266 g/mol. The molecule has 0 aromatic heterocycles. The number of piperazine rings is 1. The van der Waals surface area contributed by atoms with E-state index in [0.29, 0.717) is 0 Å². The Hall–Kier alpha value is -0.0800. The molecule has 0 aromatic carbocycles. The SMILES string of the molecule is CCC1CCC(N2CC(C)(C)NCC2C(C)C)C1C. The summed E-state index contributed by atoms with van der Waals surface area (Å²) in [5, 5.41) is 3.74. The zero-order chi connectivity index (χ0) is 14.2. The highest BCUT2D eigenvalue weighted by molar-refractivity contribution is 4.99. The number of nitrogens with one attached hydrogen (secondary N) is 1. The predicted molar refractivity (Wildman–Crippen MR) is 83.4 cm³/mol. The zero-order valence-electron chi connectivity index (χ0n) is 13.9. The topological polar surface area (TPSA) is 15.3 Å². The van der Waals surface area contributed by atoms with E-state index in [1.165, 1.54) is 25.8 Å². The van der Waals surface area contributed by atoms with Crippen molar-refractivity contribution in [2.45, 2.75) is 78.4 Å². The van der Waals surface area contributed by atoms with Crippen LogP contribution in [-0.2, 0) is 0 Å². The molecule has 112 valence electrons. The van der Waals surface area contributed by atoms with Gasteiger partial charge in [-0.3, -0.25) is 4.90 Å². The average Bonchev–Trinajstić information content (AvgIpc) is 2.68. The average molecular weight is 266 g/mol. The van der Waals surface area contributed by atoms with Crippen LogP contribution in [0.1, 0.15) is 60.8 Å². The van der Waals surface area contributed by atoms with Gasteiger partial charge >= 0.3 is 0 Å². The summed E-state index contributed by atoms with van der Waals surface area (Å²) in [6.45, 7) is 16.7. The van der Waals surface area contributed by atoms with Gasteiger partial charge < -0.3 is 5.32 Å². The normalized spacial score (nSPS) is 39.9. The highest BCUT2D eigenvalue weighted by Gasteiger charge is 2.43. The minimum atomic E-state index is 0.273. The van der Waals surface area contributed by atoms with E-state index in [1.54, 1.807) is 0 Å². The summed E-state index contributed by atoms with van der Waals surface area (Å²) in [5.41, 5.74) is 0.273. The van der Waals surface area contributed by atoms with Crippen LogP contribution < -0.4 is 5.32 Å². The van der Waals surface area contributed by atoms with Crippen LogP contribution in [0.3, 0.4) is 0 Å². The minimum Gasteiger partial charge on any atom is -0.309 e. The third-order valence-electron chi connectivity index (χ3n) is 5.70. The van der Waals surface area contributed by atoms with E-state index in [0.717, 1.165) is 36.4 Å². The van der Waals surface area contributed by atoms with Gasteiger partial charge in [0.2, 0.25) is 0 Å². The van der Waals surface area contributed by atoms with Crippen molar-refractivity contribution in [1.82, 2.24) is 10.2 Å². The molecule has 1 aliphatic carbocycles. The second-order valence-corrected chi connectivity index (χ2v) is 7.92.